The summed E-state index contributed by atoms with van der Waals surface area (Å²) in [6, 6.07) is 0.106. The summed E-state index contributed by atoms with van der Waals surface area (Å²) in [7, 11) is 0. The van der Waals surface area contributed by atoms with E-state index in [9.17, 15) is 9.59 Å². The molecule has 2 amide bonds. The molecule has 120 valence electrons. The van der Waals surface area contributed by atoms with Gasteiger partial charge < -0.3 is 10.2 Å². The lowest BCUT2D eigenvalue weighted by Crippen LogP contribution is -2.52. The number of amides is 2. The quantitative estimate of drug-likeness (QED) is 0.773. The molecule has 2 aliphatic heterocycles. The summed E-state index contributed by atoms with van der Waals surface area (Å²) in [5, 5.41) is 6.30. The van der Waals surface area contributed by atoms with E-state index in [1.165, 1.54) is 0 Å². The van der Waals surface area contributed by atoms with E-state index in [0.29, 0.717) is 18.9 Å². The van der Waals surface area contributed by atoms with E-state index in [0.717, 1.165) is 32.1 Å². The second-order valence-corrected chi connectivity index (χ2v) is 6.72. The second-order valence-electron chi connectivity index (χ2n) is 6.72. The van der Waals surface area contributed by atoms with Gasteiger partial charge in [0.2, 0.25) is 11.8 Å². The lowest BCUT2D eigenvalue weighted by Gasteiger charge is -2.36. The van der Waals surface area contributed by atoms with Gasteiger partial charge in [0.15, 0.2) is 0 Å². The van der Waals surface area contributed by atoms with Crippen molar-refractivity contribution in [3.05, 3.63) is 0 Å². The van der Waals surface area contributed by atoms with E-state index >= 15 is 0 Å². The van der Waals surface area contributed by atoms with Crippen LogP contribution in [0.15, 0.2) is 0 Å². The number of hydrogen-bond acceptors (Lipinski definition) is 3. The zero-order valence-corrected chi connectivity index (χ0v) is 13.5. The van der Waals surface area contributed by atoms with Gasteiger partial charge in [-0.1, -0.05) is 33.1 Å². The molecule has 2 saturated heterocycles. The molecule has 0 aromatic rings. The maximum absolute atomic E-state index is 12.5. The van der Waals surface area contributed by atoms with Crippen molar-refractivity contribution in [1.82, 2.24) is 15.5 Å². The number of nitrogens with one attached hydrogen (secondary N) is 2. The van der Waals surface area contributed by atoms with Crippen molar-refractivity contribution in [2.75, 3.05) is 6.54 Å². The summed E-state index contributed by atoms with van der Waals surface area (Å²) in [6.07, 6.45) is 5.94. The number of carbonyl (C=O) groups excluding carboxylic acids is 2. The molecule has 5 nitrogen and oxygen atoms in total. The molecule has 3 atom stereocenters. The molecule has 2 N–H and O–H groups in total. The molecule has 0 spiro atoms. The molecule has 0 bridgehead atoms. The third kappa shape index (κ3) is 3.96. The van der Waals surface area contributed by atoms with Crippen LogP contribution in [0, 0.1) is 5.92 Å². The summed E-state index contributed by atoms with van der Waals surface area (Å²) < 4.78 is 0. The first-order valence-corrected chi connectivity index (χ1v) is 8.35. The van der Waals surface area contributed by atoms with Gasteiger partial charge in [-0.2, -0.15) is 0 Å². The Labute approximate surface area is 127 Å². The van der Waals surface area contributed by atoms with Gasteiger partial charge in [0, 0.05) is 12.5 Å². The molecular formula is C16H29N3O2. The smallest absolute Gasteiger partial charge is 0.241 e. The summed E-state index contributed by atoms with van der Waals surface area (Å²) in [5.74, 6) is 0.706. The highest BCUT2D eigenvalue weighted by Crippen LogP contribution is 2.24. The van der Waals surface area contributed by atoms with Gasteiger partial charge in [0.25, 0.3) is 0 Å². The van der Waals surface area contributed by atoms with Gasteiger partial charge in [-0.3, -0.25) is 14.9 Å². The third-order valence-corrected chi connectivity index (χ3v) is 4.68. The van der Waals surface area contributed by atoms with E-state index in [-0.39, 0.29) is 30.1 Å². The first-order valence-electron chi connectivity index (χ1n) is 8.35. The molecule has 0 radical (unpaired) electrons. The molecule has 0 unspecified atom stereocenters. The predicted molar refractivity (Wildman–Crippen MR) is 82.6 cm³/mol. The standard InChI is InChI=1S/C16H29N3O2/c1-11(2)13-8-6-4-5-7-9-15(20)17-10-14-18-12(3)16(21)19(13)14/h11-14,18H,4-10H2,1-3H3,(H,17,20)/t12-,13+,14+/m0/s1. The molecule has 21 heavy (non-hydrogen) atoms. The van der Waals surface area contributed by atoms with Crippen molar-refractivity contribution in [1.29, 1.82) is 0 Å². The maximum Gasteiger partial charge on any atom is 0.241 e. The monoisotopic (exact) mass is 295 g/mol. The highest BCUT2D eigenvalue weighted by atomic mass is 16.2. The minimum absolute atomic E-state index is 0.0664. The van der Waals surface area contributed by atoms with Gasteiger partial charge in [-0.05, 0) is 25.7 Å². The van der Waals surface area contributed by atoms with Crippen LogP contribution in [0.25, 0.3) is 0 Å². The van der Waals surface area contributed by atoms with E-state index in [1.54, 1.807) is 0 Å². The van der Waals surface area contributed by atoms with Gasteiger partial charge in [-0.15, -0.1) is 0 Å². The van der Waals surface area contributed by atoms with Crippen LogP contribution in [0.1, 0.15) is 59.3 Å². The zero-order chi connectivity index (χ0) is 15.4. The molecule has 2 fully saturated rings. The zero-order valence-electron chi connectivity index (χ0n) is 13.5. The molecule has 0 saturated carbocycles. The van der Waals surface area contributed by atoms with Crippen LogP contribution in [0.3, 0.4) is 0 Å². The lowest BCUT2D eigenvalue weighted by atomic mass is 9.95. The molecule has 2 aliphatic rings. The average Bonchev–Trinajstić information content (AvgIpc) is 2.70. The molecule has 0 aliphatic carbocycles. The normalized spacial score (nSPS) is 32.4. The predicted octanol–water partition coefficient (Wildman–Crippen LogP) is 1.63. The number of nitrogens with zero attached hydrogens (tertiary/aromatic N) is 1. The number of carbonyl (C=O) groups is 2. The summed E-state index contributed by atoms with van der Waals surface area (Å²) in [5.41, 5.74) is 0. The van der Waals surface area contributed by atoms with Crippen molar-refractivity contribution in [2.45, 2.75) is 77.5 Å². The molecule has 2 rings (SSSR count). The molecule has 0 aromatic heterocycles. The van der Waals surface area contributed by atoms with Crippen LogP contribution in [0.4, 0.5) is 0 Å². The Bertz CT molecular complexity index is 384. The highest BCUT2D eigenvalue weighted by Gasteiger charge is 2.41. The Hall–Kier alpha value is -1.10. The third-order valence-electron chi connectivity index (χ3n) is 4.68. The fourth-order valence-corrected chi connectivity index (χ4v) is 3.45. The van der Waals surface area contributed by atoms with E-state index in [4.69, 9.17) is 0 Å². The topological polar surface area (TPSA) is 61.4 Å². The summed E-state index contributed by atoms with van der Waals surface area (Å²) in [6.45, 7) is 6.79. The van der Waals surface area contributed by atoms with E-state index in [2.05, 4.69) is 24.5 Å². The van der Waals surface area contributed by atoms with Crippen molar-refractivity contribution in [3.8, 4) is 0 Å². The van der Waals surface area contributed by atoms with Crippen LogP contribution in [-0.4, -0.2) is 41.5 Å². The summed E-state index contributed by atoms with van der Waals surface area (Å²) >= 11 is 0. The first-order chi connectivity index (χ1) is 10.0. The van der Waals surface area contributed by atoms with Gasteiger partial charge in [-0.25, -0.2) is 0 Å². The van der Waals surface area contributed by atoms with Crippen LogP contribution in [-0.2, 0) is 9.59 Å². The maximum atomic E-state index is 12.5. The number of fused-ring (bicyclic) bond motifs is 1. The van der Waals surface area contributed by atoms with Crippen molar-refractivity contribution >= 4 is 11.8 Å². The van der Waals surface area contributed by atoms with E-state index in [1.807, 2.05) is 11.8 Å². The summed E-state index contributed by atoms with van der Waals surface area (Å²) in [4.78, 5) is 26.3. The number of rotatable bonds is 1. The minimum atomic E-state index is -0.154. The van der Waals surface area contributed by atoms with E-state index < -0.39 is 0 Å². The Morgan fingerprint density at radius 3 is 2.57 bits per heavy atom. The fourth-order valence-electron chi connectivity index (χ4n) is 3.45. The van der Waals surface area contributed by atoms with Crippen molar-refractivity contribution < 1.29 is 9.59 Å². The fraction of sp³-hybridized carbons (Fsp3) is 0.875. The molecule has 2 heterocycles. The Morgan fingerprint density at radius 1 is 1.14 bits per heavy atom. The van der Waals surface area contributed by atoms with Crippen LogP contribution < -0.4 is 10.6 Å². The van der Waals surface area contributed by atoms with Crippen molar-refractivity contribution in [2.24, 2.45) is 5.92 Å². The SMILES string of the molecule is CC(C)[C@H]1CCCCCCC(=O)NC[C@@H]2N[C@@H](C)C(=O)N21. The second kappa shape index (κ2) is 7.25. The molecule has 5 heteroatoms. The van der Waals surface area contributed by atoms with Gasteiger partial charge in [0.05, 0.1) is 12.6 Å². The van der Waals surface area contributed by atoms with Crippen molar-refractivity contribution in [3.63, 3.8) is 0 Å². The Kier molecular flexibility index (Phi) is 5.62. The average molecular weight is 295 g/mol. The van der Waals surface area contributed by atoms with Gasteiger partial charge >= 0.3 is 0 Å². The van der Waals surface area contributed by atoms with Crippen LogP contribution >= 0.6 is 0 Å². The lowest BCUT2D eigenvalue weighted by molar-refractivity contribution is -0.133. The largest absolute Gasteiger partial charge is 0.353 e. The van der Waals surface area contributed by atoms with Crippen LogP contribution in [0.5, 0.6) is 0 Å². The number of hydrogen-bond donors (Lipinski definition) is 2. The molecule has 0 aromatic carbocycles. The van der Waals surface area contributed by atoms with Crippen LogP contribution in [0.2, 0.25) is 0 Å². The first kappa shape index (κ1) is 16.3. The van der Waals surface area contributed by atoms with Gasteiger partial charge in [0.1, 0.15) is 6.17 Å². The highest BCUT2D eigenvalue weighted by molar-refractivity contribution is 5.84. The Morgan fingerprint density at radius 2 is 1.86 bits per heavy atom. The molecular weight excluding hydrogens is 266 g/mol. The Balaban J connectivity index is 2.15. The minimum Gasteiger partial charge on any atom is -0.353 e.